The third-order valence-electron chi connectivity index (χ3n) is 0.471. The molecule has 0 fully saturated rings. The highest BCUT2D eigenvalue weighted by Gasteiger charge is 1.79. The second-order valence-electron chi connectivity index (χ2n) is 1.17. The average molecular weight is 159 g/mol. The van der Waals surface area contributed by atoms with Gasteiger partial charge in [0.15, 0.2) is 0 Å². The summed E-state index contributed by atoms with van der Waals surface area (Å²) in [5.74, 6) is 0. The van der Waals surface area contributed by atoms with Gasteiger partial charge in [-0.15, -0.1) is 23.2 Å². The molecule has 0 radical (unpaired) electrons. The second kappa shape index (κ2) is 10.5. The molecule has 0 heterocycles. The maximum absolute atomic E-state index is 5.07. The lowest BCUT2D eigenvalue weighted by Gasteiger charge is -1.92. The third kappa shape index (κ3) is 31.5. The van der Waals surface area contributed by atoms with E-state index in [-0.39, 0.29) is 11.5 Å². The fourth-order valence-electron chi connectivity index (χ4n) is 0. The molecule has 0 aliphatic rings. The molecule has 0 spiro atoms. The van der Waals surface area contributed by atoms with Crippen LogP contribution in [0.1, 0.15) is 13.3 Å². The predicted molar refractivity (Wildman–Crippen MR) is 39.0 cm³/mol. The minimum Gasteiger partial charge on any atom is -0.316 e. The van der Waals surface area contributed by atoms with E-state index in [4.69, 9.17) is 34.7 Å². The van der Waals surface area contributed by atoms with Gasteiger partial charge in [0.1, 0.15) is 0 Å². The standard InChI is InChI=1S/C3H10N2.CH2Cl2/c1-2-3(4)5;2-1-3/h3H,2,4-5H2,1H3;1H2. The third-order valence-corrected chi connectivity index (χ3v) is 0.471. The molecule has 0 rings (SSSR count). The zero-order valence-electron chi connectivity index (χ0n) is 4.90. The lowest BCUT2D eigenvalue weighted by Crippen LogP contribution is -2.28. The highest BCUT2D eigenvalue weighted by Crippen LogP contribution is 1.73. The first-order chi connectivity index (χ1) is 3.68. The van der Waals surface area contributed by atoms with Gasteiger partial charge in [0.05, 0.1) is 11.5 Å². The van der Waals surface area contributed by atoms with E-state index in [1.54, 1.807) is 0 Å². The number of alkyl halides is 2. The number of nitrogens with two attached hydrogens (primary N) is 2. The van der Waals surface area contributed by atoms with Gasteiger partial charge in [0.25, 0.3) is 0 Å². The fourth-order valence-corrected chi connectivity index (χ4v) is 0. The first-order valence-electron chi connectivity index (χ1n) is 2.32. The Balaban J connectivity index is 0. The van der Waals surface area contributed by atoms with Crippen molar-refractivity contribution in [1.29, 1.82) is 0 Å². The van der Waals surface area contributed by atoms with E-state index in [9.17, 15) is 0 Å². The van der Waals surface area contributed by atoms with E-state index < -0.39 is 0 Å². The van der Waals surface area contributed by atoms with Crippen LogP contribution in [0.2, 0.25) is 0 Å². The van der Waals surface area contributed by atoms with E-state index >= 15 is 0 Å². The summed E-state index contributed by atoms with van der Waals surface area (Å²) in [6.45, 7) is 1.95. The highest BCUT2D eigenvalue weighted by molar-refractivity contribution is 6.40. The summed E-state index contributed by atoms with van der Waals surface area (Å²) in [5, 5.41) is 0.194. The maximum Gasteiger partial charge on any atom is 0.0967 e. The van der Waals surface area contributed by atoms with Crippen LogP contribution in [0.4, 0.5) is 0 Å². The Morgan fingerprint density at radius 3 is 1.50 bits per heavy atom. The molecule has 0 aromatic carbocycles. The zero-order valence-corrected chi connectivity index (χ0v) is 6.41. The highest BCUT2D eigenvalue weighted by atomic mass is 35.5. The first kappa shape index (κ1) is 11.3. The van der Waals surface area contributed by atoms with Crippen LogP contribution in [0.15, 0.2) is 0 Å². The largest absolute Gasteiger partial charge is 0.316 e. The number of halogens is 2. The summed E-state index contributed by atoms with van der Waals surface area (Å²) >= 11 is 9.53. The van der Waals surface area contributed by atoms with Crippen LogP contribution in [0.5, 0.6) is 0 Å². The SMILES string of the molecule is CCC(N)N.ClCCl. The van der Waals surface area contributed by atoms with Crippen molar-refractivity contribution >= 4 is 23.2 Å². The van der Waals surface area contributed by atoms with Crippen molar-refractivity contribution in [2.75, 3.05) is 5.34 Å². The van der Waals surface area contributed by atoms with Gasteiger partial charge in [-0.25, -0.2) is 0 Å². The zero-order chi connectivity index (χ0) is 6.99. The Morgan fingerprint density at radius 1 is 1.38 bits per heavy atom. The van der Waals surface area contributed by atoms with Crippen LogP contribution in [0.3, 0.4) is 0 Å². The summed E-state index contributed by atoms with van der Waals surface area (Å²) in [6, 6.07) is 0. The molecule has 0 amide bonds. The van der Waals surface area contributed by atoms with Gasteiger partial charge in [-0.1, -0.05) is 6.92 Å². The van der Waals surface area contributed by atoms with Crippen molar-refractivity contribution in [3.63, 3.8) is 0 Å². The molecule has 0 bridgehead atoms. The van der Waals surface area contributed by atoms with E-state index in [1.807, 2.05) is 6.92 Å². The maximum atomic E-state index is 5.07. The number of hydrogen-bond acceptors (Lipinski definition) is 2. The fraction of sp³-hybridized carbons (Fsp3) is 1.00. The molecule has 52 valence electrons. The summed E-state index contributed by atoms with van der Waals surface area (Å²) in [4.78, 5) is 0. The van der Waals surface area contributed by atoms with E-state index in [1.165, 1.54) is 0 Å². The molecule has 8 heavy (non-hydrogen) atoms. The lowest BCUT2D eigenvalue weighted by molar-refractivity contribution is 0.682. The molecule has 0 saturated heterocycles. The summed E-state index contributed by atoms with van der Waals surface area (Å²) in [5.41, 5.74) is 10.1. The second-order valence-corrected chi connectivity index (χ2v) is 1.98. The molecule has 0 aliphatic heterocycles. The van der Waals surface area contributed by atoms with Gasteiger partial charge in [-0.2, -0.15) is 0 Å². The van der Waals surface area contributed by atoms with Gasteiger partial charge in [-0.3, -0.25) is 0 Å². The molecule has 0 unspecified atom stereocenters. The molecule has 0 aliphatic carbocycles. The van der Waals surface area contributed by atoms with E-state index in [0.29, 0.717) is 0 Å². The summed E-state index contributed by atoms with van der Waals surface area (Å²) < 4.78 is 0. The van der Waals surface area contributed by atoms with Crippen molar-refractivity contribution < 1.29 is 0 Å². The molecular formula is C4H12Cl2N2. The van der Waals surface area contributed by atoms with Crippen LogP contribution in [-0.2, 0) is 0 Å². The van der Waals surface area contributed by atoms with E-state index in [2.05, 4.69) is 0 Å². The molecule has 0 aromatic heterocycles. The van der Waals surface area contributed by atoms with Crippen LogP contribution >= 0.6 is 23.2 Å². The van der Waals surface area contributed by atoms with Gasteiger partial charge in [0, 0.05) is 0 Å². The smallest absolute Gasteiger partial charge is 0.0967 e. The number of rotatable bonds is 1. The Hall–Kier alpha value is 0.500. The van der Waals surface area contributed by atoms with Crippen LogP contribution in [0.25, 0.3) is 0 Å². The lowest BCUT2D eigenvalue weighted by atomic mass is 10.4. The monoisotopic (exact) mass is 158 g/mol. The topological polar surface area (TPSA) is 52.0 Å². The van der Waals surface area contributed by atoms with E-state index in [0.717, 1.165) is 6.42 Å². The molecule has 0 saturated carbocycles. The van der Waals surface area contributed by atoms with Gasteiger partial charge in [-0.05, 0) is 6.42 Å². The van der Waals surface area contributed by atoms with Gasteiger partial charge < -0.3 is 11.5 Å². The molecule has 0 aromatic rings. The Kier molecular flexibility index (Phi) is 14.8. The van der Waals surface area contributed by atoms with Crippen LogP contribution in [0, 0.1) is 0 Å². The van der Waals surface area contributed by atoms with Gasteiger partial charge in [0.2, 0.25) is 0 Å². The first-order valence-corrected chi connectivity index (χ1v) is 3.39. The minimum atomic E-state index is -0.116. The molecular weight excluding hydrogens is 147 g/mol. The summed E-state index contributed by atoms with van der Waals surface area (Å²) in [6.07, 6.45) is 0.745. The molecule has 4 N–H and O–H groups in total. The Morgan fingerprint density at radius 2 is 1.50 bits per heavy atom. The Bertz CT molecular complexity index is 33.2. The molecule has 0 atom stereocenters. The minimum absolute atomic E-state index is 0.116. The predicted octanol–water partition coefficient (Wildman–Crippen LogP) is 1.06. The normalized spacial score (nSPS) is 8.25. The van der Waals surface area contributed by atoms with Crippen LogP contribution in [-0.4, -0.2) is 11.5 Å². The van der Waals surface area contributed by atoms with Crippen molar-refractivity contribution in [2.24, 2.45) is 11.5 Å². The van der Waals surface area contributed by atoms with Crippen molar-refractivity contribution in [3.05, 3.63) is 0 Å². The number of hydrogen-bond donors (Lipinski definition) is 2. The van der Waals surface area contributed by atoms with Gasteiger partial charge >= 0.3 is 0 Å². The molecule has 4 heteroatoms. The molecule has 2 nitrogen and oxygen atoms in total. The van der Waals surface area contributed by atoms with Crippen LogP contribution < -0.4 is 11.5 Å². The average Bonchev–Trinajstić information content (AvgIpc) is 1.69. The quantitative estimate of drug-likeness (QED) is 0.444. The van der Waals surface area contributed by atoms with Crippen molar-refractivity contribution in [2.45, 2.75) is 19.5 Å². The Labute approximate surface area is 60.1 Å². The van der Waals surface area contributed by atoms with Crippen molar-refractivity contribution in [1.82, 2.24) is 0 Å². The van der Waals surface area contributed by atoms with Crippen molar-refractivity contribution in [3.8, 4) is 0 Å². The summed E-state index contributed by atoms with van der Waals surface area (Å²) in [7, 11) is 0.